The molecule has 0 aliphatic rings. The van der Waals surface area contributed by atoms with Gasteiger partial charge in [0.25, 0.3) is 0 Å². The highest BCUT2D eigenvalue weighted by Gasteiger charge is 2.08. The fourth-order valence-corrected chi connectivity index (χ4v) is 0.667. The van der Waals surface area contributed by atoms with E-state index in [0.717, 1.165) is 12.2 Å². The van der Waals surface area contributed by atoms with Gasteiger partial charge in [0.15, 0.2) is 0 Å². The fourth-order valence-electron chi connectivity index (χ4n) is 0.667. The van der Waals surface area contributed by atoms with Gasteiger partial charge in [-0.05, 0) is 27.2 Å². The molecule has 0 saturated heterocycles. The Labute approximate surface area is 69.4 Å². The predicted octanol–water partition coefficient (Wildman–Crippen LogP) is 2.33. The first-order valence-corrected chi connectivity index (χ1v) is 3.95. The molecule has 0 rings (SSSR count). The maximum Gasteiger partial charge on any atom is 0.118 e. The number of hydrogen-bond donors (Lipinski definition) is 1. The average molecular weight is 154 g/mol. The molecule has 2 nitrogen and oxygen atoms in total. The van der Waals surface area contributed by atoms with Crippen LogP contribution in [0.4, 0.5) is 0 Å². The summed E-state index contributed by atoms with van der Waals surface area (Å²) in [6, 6.07) is 0. The van der Waals surface area contributed by atoms with E-state index in [1.54, 1.807) is 0 Å². The number of nitrogens with zero attached hydrogens (tertiary/aromatic N) is 1. The average Bonchev–Trinajstić information content (AvgIpc) is 1.79. The second-order valence-corrected chi connectivity index (χ2v) is 3.54. The van der Waals surface area contributed by atoms with Crippen LogP contribution in [0.3, 0.4) is 0 Å². The van der Waals surface area contributed by atoms with Gasteiger partial charge in [-0.2, -0.15) is 0 Å². The summed E-state index contributed by atoms with van der Waals surface area (Å²) in [6.45, 7) is 12.1. The molecule has 2 heteroatoms. The lowest BCUT2D eigenvalue weighted by molar-refractivity contribution is 0.472. The van der Waals surface area contributed by atoms with E-state index < -0.39 is 0 Å². The van der Waals surface area contributed by atoms with E-state index in [-0.39, 0.29) is 5.54 Å². The highest BCUT2D eigenvalue weighted by Crippen LogP contribution is 2.02. The minimum atomic E-state index is 0.0577. The third kappa shape index (κ3) is 7.10. The van der Waals surface area contributed by atoms with E-state index in [1.165, 1.54) is 0 Å². The Morgan fingerprint density at radius 3 is 2.45 bits per heavy atom. The monoisotopic (exact) mass is 154 g/mol. The highest BCUT2D eigenvalue weighted by molar-refractivity contribution is 5.58. The summed E-state index contributed by atoms with van der Waals surface area (Å²) in [5.74, 6) is 0.736. The van der Waals surface area contributed by atoms with Crippen molar-refractivity contribution in [2.75, 3.05) is 0 Å². The number of aliphatic imine (C=N–C) groups is 1. The van der Waals surface area contributed by atoms with Crippen LogP contribution in [0.25, 0.3) is 0 Å². The maximum absolute atomic E-state index is 4.10. The number of rotatable bonds is 3. The predicted molar refractivity (Wildman–Crippen MR) is 50.8 cm³/mol. The Hall–Kier alpha value is -0.790. The highest BCUT2D eigenvalue weighted by atomic mass is 15.1. The quantitative estimate of drug-likeness (QED) is 0.620. The van der Waals surface area contributed by atoms with E-state index in [9.17, 15) is 0 Å². The van der Waals surface area contributed by atoms with Gasteiger partial charge in [-0.3, -0.25) is 0 Å². The van der Waals surface area contributed by atoms with Crippen LogP contribution in [0, 0.1) is 0 Å². The zero-order valence-corrected chi connectivity index (χ0v) is 7.94. The van der Waals surface area contributed by atoms with Gasteiger partial charge in [0, 0.05) is 11.8 Å². The summed E-state index contributed by atoms with van der Waals surface area (Å²) in [6.07, 6.45) is 2.80. The molecule has 0 spiro atoms. The zero-order valence-electron chi connectivity index (χ0n) is 7.94. The molecular formula is C9H18N2. The lowest BCUT2D eigenvalue weighted by atomic mass is 10.1. The van der Waals surface area contributed by atoms with Crippen LogP contribution < -0.4 is 5.32 Å². The minimum absolute atomic E-state index is 0.0577. The molecule has 0 amide bonds. The summed E-state index contributed by atoms with van der Waals surface area (Å²) >= 11 is 0. The molecule has 64 valence electrons. The topological polar surface area (TPSA) is 24.4 Å². The van der Waals surface area contributed by atoms with Crippen LogP contribution in [0.15, 0.2) is 17.4 Å². The summed E-state index contributed by atoms with van der Waals surface area (Å²) in [5, 5.41) is 3.16. The van der Waals surface area contributed by atoms with Gasteiger partial charge in [0.1, 0.15) is 5.82 Å². The zero-order chi connectivity index (χ0) is 8.91. The molecule has 0 aromatic carbocycles. The first kappa shape index (κ1) is 10.2. The van der Waals surface area contributed by atoms with Gasteiger partial charge >= 0.3 is 0 Å². The Kier molecular flexibility index (Phi) is 3.86. The normalized spacial score (nSPS) is 12.0. The second kappa shape index (κ2) is 4.16. The van der Waals surface area contributed by atoms with Gasteiger partial charge in [-0.15, -0.1) is 0 Å². The standard InChI is InChI=1S/C9H18N2/c1-6-7-10-8(2)11-9(3,4)5/h7,11H,2,6H2,1,3-5H3/b10-7-. The summed E-state index contributed by atoms with van der Waals surface area (Å²) in [7, 11) is 0. The van der Waals surface area contributed by atoms with Crippen molar-refractivity contribution in [3.63, 3.8) is 0 Å². The van der Waals surface area contributed by atoms with Crippen molar-refractivity contribution in [1.82, 2.24) is 5.32 Å². The van der Waals surface area contributed by atoms with E-state index in [1.807, 2.05) is 13.1 Å². The van der Waals surface area contributed by atoms with Crippen molar-refractivity contribution in [2.45, 2.75) is 39.7 Å². The Morgan fingerprint density at radius 2 is 2.09 bits per heavy atom. The van der Waals surface area contributed by atoms with Crippen LogP contribution in [0.5, 0.6) is 0 Å². The van der Waals surface area contributed by atoms with Gasteiger partial charge in [0.05, 0.1) is 0 Å². The molecule has 0 unspecified atom stereocenters. The van der Waals surface area contributed by atoms with E-state index in [4.69, 9.17) is 0 Å². The Morgan fingerprint density at radius 1 is 1.55 bits per heavy atom. The summed E-state index contributed by atoms with van der Waals surface area (Å²) in [5.41, 5.74) is 0.0577. The van der Waals surface area contributed by atoms with Crippen molar-refractivity contribution < 1.29 is 0 Å². The largest absolute Gasteiger partial charge is 0.366 e. The molecule has 11 heavy (non-hydrogen) atoms. The maximum atomic E-state index is 4.10. The molecule has 0 fully saturated rings. The Balaban J connectivity index is 3.80. The van der Waals surface area contributed by atoms with Crippen LogP contribution in [0.1, 0.15) is 34.1 Å². The lowest BCUT2D eigenvalue weighted by Gasteiger charge is -2.21. The SMILES string of the molecule is C=C(/N=C\CC)NC(C)(C)C. The minimum Gasteiger partial charge on any atom is -0.366 e. The van der Waals surface area contributed by atoms with Gasteiger partial charge in [-0.25, -0.2) is 4.99 Å². The van der Waals surface area contributed by atoms with E-state index in [0.29, 0.717) is 0 Å². The van der Waals surface area contributed by atoms with E-state index >= 15 is 0 Å². The van der Waals surface area contributed by atoms with Crippen LogP contribution in [0.2, 0.25) is 0 Å². The molecule has 0 aliphatic carbocycles. The van der Waals surface area contributed by atoms with Gasteiger partial charge in [0.2, 0.25) is 0 Å². The molecule has 0 saturated carbocycles. The first-order valence-electron chi connectivity index (χ1n) is 3.95. The fraction of sp³-hybridized carbons (Fsp3) is 0.667. The van der Waals surface area contributed by atoms with Gasteiger partial charge < -0.3 is 5.32 Å². The van der Waals surface area contributed by atoms with Crippen molar-refractivity contribution in [3.8, 4) is 0 Å². The van der Waals surface area contributed by atoms with Crippen molar-refractivity contribution >= 4 is 6.21 Å². The van der Waals surface area contributed by atoms with Crippen LogP contribution >= 0.6 is 0 Å². The van der Waals surface area contributed by atoms with Crippen molar-refractivity contribution in [3.05, 3.63) is 12.4 Å². The third-order valence-electron chi connectivity index (χ3n) is 0.949. The molecule has 1 N–H and O–H groups in total. The third-order valence-corrected chi connectivity index (χ3v) is 0.949. The smallest absolute Gasteiger partial charge is 0.118 e. The van der Waals surface area contributed by atoms with Crippen LogP contribution in [-0.4, -0.2) is 11.8 Å². The van der Waals surface area contributed by atoms with Crippen LogP contribution in [-0.2, 0) is 0 Å². The second-order valence-electron chi connectivity index (χ2n) is 3.54. The van der Waals surface area contributed by atoms with Gasteiger partial charge in [-0.1, -0.05) is 13.5 Å². The molecule has 0 atom stereocenters. The molecule has 0 heterocycles. The molecule has 0 bridgehead atoms. The summed E-state index contributed by atoms with van der Waals surface area (Å²) < 4.78 is 0. The molecule has 0 aromatic rings. The molecule has 0 radical (unpaired) electrons. The summed E-state index contributed by atoms with van der Waals surface area (Å²) in [4.78, 5) is 4.10. The molecule has 0 aromatic heterocycles. The van der Waals surface area contributed by atoms with E-state index in [2.05, 4.69) is 37.7 Å². The number of nitrogens with one attached hydrogen (secondary N) is 1. The lowest BCUT2D eigenvalue weighted by Crippen LogP contribution is -2.34. The number of hydrogen-bond acceptors (Lipinski definition) is 2. The molecular weight excluding hydrogens is 136 g/mol. The van der Waals surface area contributed by atoms with Crippen molar-refractivity contribution in [2.24, 2.45) is 4.99 Å². The van der Waals surface area contributed by atoms with Crippen molar-refractivity contribution in [1.29, 1.82) is 0 Å². The first-order chi connectivity index (χ1) is 4.95. The molecule has 0 aliphatic heterocycles. The Bertz CT molecular complexity index is 151.